The van der Waals surface area contributed by atoms with Gasteiger partial charge in [0.1, 0.15) is 6.04 Å². The van der Waals surface area contributed by atoms with Crippen LogP contribution in [-0.2, 0) is 9.59 Å². The Morgan fingerprint density at radius 3 is 2.00 bits per heavy atom. The number of nitrogens with one attached hydrogen (secondary N) is 1. The van der Waals surface area contributed by atoms with E-state index >= 15 is 0 Å². The zero-order chi connectivity index (χ0) is 13.6. The first kappa shape index (κ1) is 15.7. The van der Waals surface area contributed by atoms with Crippen LogP contribution in [0.5, 0.6) is 0 Å². The van der Waals surface area contributed by atoms with E-state index in [2.05, 4.69) is 5.32 Å². The average Bonchev–Trinajstić information content (AvgIpc) is 2.17. The predicted octanol–water partition coefficient (Wildman–Crippen LogP) is -0.216. The molecule has 1 saturated heterocycles. The largest absolute Gasteiger partial charge is 0.490 e. The number of piperidine rings is 1. The molecule has 0 spiro atoms. The van der Waals surface area contributed by atoms with Gasteiger partial charge < -0.3 is 21.3 Å². The molecule has 9 heteroatoms. The molecule has 1 rings (SSSR count). The minimum absolute atomic E-state index is 0.0577. The minimum Gasteiger partial charge on any atom is -0.480 e. The van der Waals surface area contributed by atoms with Crippen LogP contribution in [0.15, 0.2) is 0 Å². The quantitative estimate of drug-likeness (QED) is 0.517. The van der Waals surface area contributed by atoms with Gasteiger partial charge in [-0.25, -0.2) is 4.79 Å². The number of carboxylic acids is 2. The third-order valence-electron chi connectivity index (χ3n) is 1.98. The molecular formula is C8H13F3N2O4. The van der Waals surface area contributed by atoms with Crippen LogP contribution in [0.2, 0.25) is 0 Å². The van der Waals surface area contributed by atoms with Gasteiger partial charge in [-0.1, -0.05) is 0 Å². The molecule has 17 heavy (non-hydrogen) atoms. The Morgan fingerprint density at radius 2 is 1.76 bits per heavy atom. The highest BCUT2D eigenvalue weighted by atomic mass is 19.4. The molecule has 1 heterocycles. The molecule has 5 N–H and O–H groups in total. The molecule has 2 atom stereocenters. The Labute approximate surface area is 94.6 Å². The first-order valence-electron chi connectivity index (χ1n) is 4.66. The van der Waals surface area contributed by atoms with Gasteiger partial charge in [-0.2, -0.15) is 13.2 Å². The number of carbonyl (C=O) groups is 2. The summed E-state index contributed by atoms with van der Waals surface area (Å²) in [5.74, 6) is -3.55. The van der Waals surface area contributed by atoms with Gasteiger partial charge in [-0.15, -0.1) is 0 Å². The van der Waals surface area contributed by atoms with Crippen molar-refractivity contribution in [2.24, 2.45) is 5.73 Å². The van der Waals surface area contributed by atoms with Gasteiger partial charge in [0.05, 0.1) is 0 Å². The second kappa shape index (κ2) is 6.40. The Bertz CT molecular complexity index is 282. The molecule has 0 aliphatic carbocycles. The molecular weight excluding hydrogens is 245 g/mol. The number of halogens is 3. The van der Waals surface area contributed by atoms with Crippen LogP contribution in [0.1, 0.15) is 12.8 Å². The number of nitrogens with two attached hydrogens (primary N) is 1. The third-order valence-corrected chi connectivity index (χ3v) is 1.98. The molecule has 1 aliphatic rings. The SMILES string of the molecule is N[C@H]1CCN[C@H](C(=O)O)C1.O=C(O)C(F)(F)F. The summed E-state index contributed by atoms with van der Waals surface area (Å²) in [6, 6.07) is -0.369. The molecule has 100 valence electrons. The van der Waals surface area contributed by atoms with Crippen molar-refractivity contribution in [3.05, 3.63) is 0 Å². The van der Waals surface area contributed by atoms with Gasteiger partial charge in [0.2, 0.25) is 0 Å². The monoisotopic (exact) mass is 258 g/mol. The normalized spacial score (nSPS) is 24.5. The molecule has 0 saturated carbocycles. The standard InChI is InChI=1S/C6H12N2O2.C2HF3O2/c7-4-1-2-8-5(3-4)6(9)10;3-2(4,5)1(6)7/h4-5,8H,1-3,7H2,(H,9,10);(H,6,7)/t4-,5-;/m0./s1. The van der Waals surface area contributed by atoms with E-state index in [4.69, 9.17) is 20.7 Å². The number of alkyl halides is 3. The van der Waals surface area contributed by atoms with E-state index in [-0.39, 0.29) is 6.04 Å². The third kappa shape index (κ3) is 6.74. The molecule has 0 unspecified atom stereocenters. The maximum atomic E-state index is 10.6. The molecule has 1 aliphatic heterocycles. The fourth-order valence-electron chi connectivity index (χ4n) is 1.14. The van der Waals surface area contributed by atoms with Crippen LogP contribution in [0, 0.1) is 0 Å². The van der Waals surface area contributed by atoms with Crippen LogP contribution in [0.4, 0.5) is 13.2 Å². The van der Waals surface area contributed by atoms with Crippen LogP contribution in [-0.4, -0.2) is 47.0 Å². The van der Waals surface area contributed by atoms with Crippen LogP contribution in [0.25, 0.3) is 0 Å². The second-order valence-corrected chi connectivity index (χ2v) is 3.43. The smallest absolute Gasteiger partial charge is 0.480 e. The van der Waals surface area contributed by atoms with Crippen molar-refractivity contribution in [2.45, 2.75) is 31.1 Å². The first-order chi connectivity index (χ1) is 7.64. The Morgan fingerprint density at radius 1 is 1.29 bits per heavy atom. The first-order valence-corrected chi connectivity index (χ1v) is 4.66. The van der Waals surface area contributed by atoms with E-state index in [1.807, 2.05) is 0 Å². The zero-order valence-corrected chi connectivity index (χ0v) is 8.70. The fourth-order valence-corrected chi connectivity index (χ4v) is 1.14. The van der Waals surface area contributed by atoms with Gasteiger partial charge in [0.25, 0.3) is 0 Å². The van der Waals surface area contributed by atoms with Crippen molar-refractivity contribution < 1.29 is 33.0 Å². The minimum atomic E-state index is -5.08. The van der Waals surface area contributed by atoms with E-state index in [0.29, 0.717) is 6.42 Å². The average molecular weight is 258 g/mol. The Hall–Kier alpha value is -1.35. The molecule has 1 fully saturated rings. The zero-order valence-electron chi connectivity index (χ0n) is 8.70. The van der Waals surface area contributed by atoms with Crippen LogP contribution < -0.4 is 11.1 Å². The molecule has 0 amide bonds. The molecule has 0 aromatic rings. The molecule has 0 aromatic carbocycles. The van der Waals surface area contributed by atoms with Gasteiger partial charge in [-0.05, 0) is 19.4 Å². The fraction of sp³-hybridized carbons (Fsp3) is 0.750. The van der Waals surface area contributed by atoms with Gasteiger partial charge in [-0.3, -0.25) is 4.79 Å². The molecule has 0 bridgehead atoms. The second-order valence-electron chi connectivity index (χ2n) is 3.43. The highest BCUT2D eigenvalue weighted by Crippen LogP contribution is 2.13. The number of aliphatic carboxylic acids is 2. The highest BCUT2D eigenvalue weighted by Gasteiger charge is 2.38. The van der Waals surface area contributed by atoms with Crippen LogP contribution >= 0.6 is 0 Å². The van der Waals surface area contributed by atoms with E-state index < -0.39 is 24.2 Å². The number of carboxylic acid groups (broad SMARTS) is 2. The summed E-state index contributed by atoms with van der Waals surface area (Å²) in [5, 5.41) is 18.5. The summed E-state index contributed by atoms with van der Waals surface area (Å²) in [4.78, 5) is 19.3. The van der Waals surface area contributed by atoms with Crippen molar-refractivity contribution in [2.75, 3.05) is 6.54 Å². The van der Waals surface area contributed by atoms with Crippen molar-refractivity contribution in [1.82, 2.24) is 5.32 Å². The van der Waals surface area contributed by atoms with Crippen LogP contribution in [0.3, 0.4) is 0 Å². The summed E-state index contributed by atoms with van der Waals surface area (Å²) >= 11 is 0. The number of hydrogen-bond donors (Lipinski definition) is 4. The molecule has 0 radical (unpaired) electrons. The summed E-state index contributed by atoms with van der Waals surface area (Å²) in [7, 11) is 0. The van der Waals surface area contributed by atoms with E-state index in [1.54, 1.807) is 0 Å². The Balaban J connectivity index is 0.000000325. The van der Waals surface area contributed by atoms with Gasteiger partial charge >= 0.3 is 18.1 Å². The topological polar surface area (TPSA) is 113 Å². The van der Waals surface area contributed by atoms with E-state index in [1.165, 1.54) is 0 Å². The summed E-state index contributed by atoms with van der Waals surface area (Å²) in [5.41, 5.74) is 5.56. The predicted molar refractivity (Wildman–Crippen MR) is 50.3 cm³/mol. The van der Waals surface area contributed by atoms with Gasteiger partial charge in [0, 0.05) is 6.04 Å². The van der Waals surface area contributed by atoms with E-state index in [0.717, 1.165) is 13.0 Å². The van der Waals surface area contributed by atoms with E-state index in [9.17, 15) is 18.0 Å². The van der Waals surface area contributed by atoms with Crippen molar-refractivity contribution in [1.29, 1.82) is 0 Å². The van der Waals surface area contributed by atoms with Crippen molar-refractivity contribution >= 4 is 11.9 Å². The van der Waals surface area contributed by atoms with Gasteiger partial charge in [0.15, 0.2) is 0 Å². The summed E-state index contributed by atoms with van der Waals surface area (Å²) < 4.78 is 31.7. The maximum absolute atomic E-state index is 10.6. The highest BCUT2D eigenvalue weighted by molar-refractivity contribution is 5.73. The lowest BCUT2D eigenvalue weighted by molar-refractivity contribution is -0.192. The number of rotatable bonds is 1. The Kier molecular flexibility index (Phi) is 5.89. The van der Waals surface area contributed by atoms with Crippen molar-refractivity contribution in [3.8, 4) is 0 Å². The summed E-state index contributed by atoms with van der Waals surface area (Å²) in [6.07, 6.45) is -3.65. The van der Waals surface area contributed by atoms with Crippen molar-refractivity contribution in [3.63, 3.8) is 0 Å². The molecule has 0 aromatic heterocycles. The molecule has 6 nitrogen and oxygen atoms in total. The lowest BCUT2D eigenvalue weighted by atomic mass is 10.0. The lowest BCUT2D eigenvalue weighted by Gasteiger charge is -2.24. The lowest BCUT2D eigenvalue weighted by Crippen LogP contribution is -2.47. The number of hydrogen-bond acceptors (Lipinski definition) is 4. The summed E-state index contributed by atoms with van der Waals surface area (Å²) in [6.45, 7) is 0.720. The maximum Gasteiger partial charge on any atom is 0.490 e.